The van der Waals surface area contributed by atoms with Crippen molar-refractivity contribution in [3.63, 3.8) is 0 Å². The highest BCUT2D eigenvalue weighted by molar-refractivity contribution is 5.91. The molecule has 13 heavy (non-hydrogen) atoms. The van der Waals surface area contributed by atoms with E-state index in [1.54, 1.807) is 13.0 Å². The first-order valence-corrected chi connectivity index (χ1v) is 4.05. The van der Waals surface area contributed by atoms with Crippen LogP contribution in [-0.2, 0) is 4.74 Å². The van der Waals surface area contributed by atoms with E-state index >= 15 is 0 Å². The Kier molecular flexibility index (Phi) is 2.84. The fourth-order valence-corrected chi connectivity index (χ4v) is 1.04. The van der Waals surface area contributed by atoms with Crippen molar-refractivity contribution in [3.8, 4) is 0 Å². The van der Waals surface area contributed by atoms with Gasteiger partial charge in [-0.15, -0.1) is 0 Å². The summed E-state index contributed by atoms with van der Waals surface area (Å²) >= 11 is 0. The molecule has 0 saturated heterocycles. The Morgan fingerprint density at radius 1 is 1.77 bits per heavy atom. The van der Waals surface area contributed by atoms with E-state index in [4.69, 9.17) is 4.74 Å². The van der Waals surface area contributed by atoms with Crippen molar-refractivity contribution in [2.24, 2.45) is 0 Å². The average molecular weight is 180 g/mol. The van der Waals surface area contributed by atoms with Crippen LogP contribution in [0.15, 0.2) is 6.58 Å². The summed E-state index contributed by atoms with van der Waals surface area (Å²) < 4.78 is 4.81. The molecule has 1 rings (SSSR count). The van der Waals surface area contributed by atoms with Crippen LogP contribution in [0.1, 0.15) is 28.7 Å². The second kappa shape index (κ2) is 3.89. The lowest BCUT2D eigenvalue weighted by Gasteiger charge is -1.98. The topological polar surface area (TPSA) is 55.0 Å². The van der Waals surface area contributed by atoms with Crippen LogP contribution in [0.2, 0.25) is 0 Å². The molecule has 1 aromatic rings. The van der Waals surface area contributed by atoms with Crippen LogP contribution in [0.25, 0.3) is 6.08 Å². The molecule has 1 heterocycles. The van der Waals surface area contributed by atoms with E-state index in [9.17, 15) is 4.79 Å². The highest BCUT2D eigenvalue weighted by Crippen LogP contribution is 2.12. The maximum Gasteiger partial charge on any atom is 0.359 e. The van der Waals surface area contributed by atoms with Gasteiger partial charge in [-0.3, -0.25) is 5.10 Å². The van der Waals surface area contributed by atoms with Crippen LogP contribution < -0.4 is 0 Å². The molecule has 4 nitrogen and oxygen atoms in total. The molecule has 0 aliphatic rings. The maximum atomic E-state index is 11.3. The van der Waals surface area contributed by atoms with E-state index in [0.717, 1.165) is 5.69 Å². The summed E-state index contributed by atoms with van der Waals surface area (Å²) in [6, 6.07) is 0. The third-order valence-electron chi connectivity index (χ3n) is 1.67. The lowest BCUT2D eigenvalue weighted by atomic mass is 10.2. The molecule has 0 fully saturated rings. The summed E-state index contributed by atoms with van der Waals surface area (Å²) in [5.41, 5.74) is 1.82. The number of carbonyl (C=O) groups excluding carboxylic acids is 1. The lowest BCUT2D eigenvalue weighted by molar-refractivity contribution is 0.0519. The molecule has 0 unspecified atom stereocenters. The number of carbonyl (C=O) groups is 1. The SMILES string of the molecule is C=Cc1c(C(=O)OCC)n[nH]c1C. The number of aryl methyl sites for hydroxylation is 1. The Bertz CT molecular complexity index is 328. The predicted octanol–water partition coefficient (Wildman–Crippen LogP) is 1.54. The highest BCUT2D eigenvalue weighted by Gasteiger charge is 2.15. The number of H-pyrrole nitrogens is 1. The molecule has 0 aromatic carbocycles. The summed E-state index contributed by atoms with van der Waals surface area (Å²) in [6.45, 7) is 7.53. The Hall–Kier alpha value is -1.58. The summed E-state index contributed by atoms with van der Waals surface area (Å²) in [5.74, 6) is -0.415. The maximum absolute atomic E-state index is 11.3. The molecule has 0 saturated carbocycles. The molecule has 0 atom stereocenters. The number of nitrogens with zero attached hydrogens (tertiary/aromatic N) is 1. The van der Waals surface area contributed by atoms with E-state index in [1.165, 1.54) is 0 Å². The predicted molar refractivity (Wildman–Crippen MR) is 49.4 cm³/mol. The van der Waals surface area contributed by atoms with Gasteiger partial charge in [-0.05, 0) is 13.8 Å². The fraction of sp³-hybridized carbons (Fsp3) is 0.333. The van der Waals surface area contributed by atoms with Gasteiger partial charge < -0.3 is 4.74 Å². The number of esters is 1. The Morgan fingerprint density at radius 2 is 2.46 bits per heavy atom. The van der Waals surface area contributed by atoms with Crippen molar-refractivity contribution in [2.45, 2.75) is 13.8 Å². The monoisotopic (exact) mass is 180 g/mol. The standard InChI is InChI=1S/C9H12N2O2/c1-4-7-6(3)10-11-8(7)9(12)13-5-2/h4H,1,5H2,2-3H3,(H,10,11). The van der Waals surface area contributed by atoms with Gasteiger partial charge in [-0.2, -0.15) is 5.10 Å². The summed E-state index contributed by atoms with van der Waals surface area (Å²) in [4.78, 5) is 11.3. The van der Waals surface area contributed by atoms with Crippen LogP contribution in [-0.4, -0.2) is 22.8 Å². The molecule has 0 aliphatic carbocycles. The molecular formula is C9H12N2O2. The molecule has 4 heteroatoms. The van der Waals surface area contributed by atoms with Crippen molar-refractivity contribution >= 4 is 12.0 Å². The fourth-order valence-electron chi connectivity index (χ4n) is 1.04. The van der Waals surface area contributed by atoms with Crippen LogP contribution in [0.5, 0.6) is 0 Å². The number of hydrogen-bond acceptors (Lipinski definition) is 3. The molecule has 0 aliphatic heterocycles. The van der Waals surface area contributed by atoms with E-state index in [0.29, 0.717) is 17.9 Å². The minimum absolute atomic E-state index is 0.300. The third-order valence-corrected chi connectivity index (χ3v) is 1.67. The smallest absolute Gasteiger partial charge is 0.359 e. The largest absolute Gasteiger partial charge is 0.461 e. The van der Waals surface area contributed by atoms with Gasteiger partial charge in [-0.1, -0.05) is 12.7 Å². The normalized spacial score (nSPS) is 9.69. The second-order valence-corrected chi connectivity index (χ2v) is 2.54. The zero-order valence-corrected chi connectivity index (χ0v) is 7.76. The van der Waals surface area contributed by atoms with Gasteiger partial charge in [0.25, 0.3) is 0 Å². The first kappa shape index (κ1) is 9.51. The molecule has 70 valence electrons. The average Bonchev–Trinajstić information content (AvgIpc) is 2.47. The van der Waals surface area contributed by atoms with E-state index < -0.39 is 5.97 Å². The zero-order valence-electron chi connectivity index (χ0n) is 7.76. The summed E-state index contributed by atoms with van der Waals surface area (Å²) in [5, 5.41) is 6.54. The molecule has 1 aromatic heterocycles. The van der Waals surface area contributed by atoms with Crippen molar-refractivity contribution < 1.29 is 9.53 Å². The summed E-state index contributed by atoms with van der Waals surface area (Å²) in [7, 11) is 0. The van der Waals surface area contributed by atoms with Crippen LogP contribution in [0, 0.1) is 6.92 Å². The number of rotatable bonds is 3. The second-order valence-electron chi connectivity index (χ2n) is 2.54. The molecule has 0 bridgehead atoms. The van der Waals surface area contributed by atoms with Crippen LogP contribution in [0.4, 0.5) is 0 Å². The van der Waals surface area contributed by atoms with Gasteiger partial charge in [0.1, 0.15) is 0 Å². The van der Waals surface area contributed by atoms with Crippen molar-refractivity contribution in [3.05, 3.63) is 23.5 Å². The van der Waals surface area contributed by atoms with Gasteiger partial charge >= 0.3 is 5.97 Å². The van der Waals surface area contributed by atoms with Gasteiger partial charge in [0.05, 0.1) is 6.61 Å². The van der Waals surface area contributed by atoms with Gasteiger partial charge in [0.2, 0.25) is 0 Å². The quantitative estimate of drug-likeness (QED) is 0.718. The minimum atomic E-state index is -0.415. The Balaban J connectivity index is 3.00. The molecule has 0 amide bonds. The van der Waals surface area contributed by atoms with E-state index in [1.807, 2.05) is 6.92 Å². The number of aromatic nitrogens is 2. The number of hydrogen-bond donors (Lipinski definition) is 1. The minimum Gasteiger partial charge on any atom is -0.461 e. The summed E-state index contributed by atoms with van der Waals surface area (Å²) in [6.07, 6.45) is 1.59. The van der Waals surface area contributed by atoms with Crippen LogP contribution in [0.3, 0.4) is 0 Å². The number of ether oxygens (including phenoxy) is 1. The molecule has 0 spiro atoms. The zero-order chi connectivity index (χ0) is 9.84. The van der Waals surface area contributed by atoms with E-state index in [2.05, 4.69) is 16.8 Å². The Morgan fingerprint density at radius 3 is 3.00 bits per heavy atom. The first-order chi connectivity index (χ1) is 6.20. The molecule has 0 radical (unpaired) electrons. The van der Waals surface area contributed by atoms with Crippen molar-refractivity contribution in [1.29, 1.82) is 0 Å². The Labute approximate surface area is 76.6 Å². The van der Waals surface area contributed by atoms with Crippen molar-refractivity contribution in [2.75, 3.05) is 6.61 Å². The lowest BCUT2D eigenvalue weighted by Crippen LogP contribution is -2.06. The molecule has 1 N–H and O–H groups in total. The first-order valence-electron chi connectivity index (χ1n) is 4.05. The van der Waals surface area contributed by atoms with Gasteiger partial charge in [0.15, 0.2) is 5.69 Å². The van der Waals surface area contributed by atoms with Crippen molar-refractivity contribution in [1.82, 2.24) is 10.2 Å². The third kappa shape index (κ3) is 1.77. The number of aromatic amines is 1. The van der Waals surface area contributed by atoms with Gasteiger partial charge in [0, 0.05) is 11.3 Å². The number of nitrogens with one attached hydrogen (secondary N) is 1. The highest BCUT2D eigenvalue weighted by atomic mass is 16.5. The van der Waals surface area contributed by atoms with E-state index in [-0.39, 0.29) is 0 Å². The van der Waals surface area contributed by atoms with Gasteiger partial charge in [-0.25, -0.2) is 4.79 Å². The molecular weight excluding hydrogens is 168 g/mol. The van der Waals surface area contributed by atoms with Crippen LogP contribution >= 0.6 is 0 Å².